The molecule has 0 aliphatic heterocycles. The first-order valence-electron chi connectivity index (χ1n) is 7.60. The first-order chi connectivity index (χ1) is 9.97. The minimum atomic E-state index is -0.938. The van der Waals surface area contributed by atoms with Crippen LogP contribution in [0.1, 0.15) is 47.5 Å². The molecule has 4 nitrogen and oxygen atoms in total. The van der Waals surface area contributed by atoms with Gasteiger partial charge in [0.1, 0.15) is 11.5 Å². The highest BCUT2D eigenvalue weighted by Crippen LogP contribution is 2.29. The Balaban J connectivity index is 2.96. The lowest BCUT2D eigenvalue weighted by Crippen LogP contribution is -2.44. The molecule has 1 aromatic carbocycles. The van der Waals surface area contributed by atoms with Crippen molar-refractivity contribution in [3.05, 3.63) is 24.3 Å². The summed E-state index contributed by atoms with van der Waals surface area (Å²) in [7, 11) is 0. The smallest absolute Gasteiger partial charge is 0.350 e. The minimum absolute atomic E-state index is 0.0902. The quantitative estimate of drug-likeness (QED) is 0.680. The largest absolute Gasteiger partial charge is 0.491 e. The first kappa shape index (κ1) is 17.3. The zero-order valence-corrected chi connectivity index (χ0v) is 13.6. The zero-order chi connectivity index (χ0) is 15.9. The van der Waals surface area contributed by atoms with Crippen LogP contribution in [0.4, 0.5) is 0 Å². The molecule has 0 spiro atoms. The van der Waals surface area contributed by atoms with Gasteiger partial charge in [-0.05, 0) is 45.7 Å². The monoisotopic (exact) mass is 294 g/mol. The van der Waals surface area contributed by atoms with E-state index in [1.54, 1.807) is 13.0 Å². The molecule has 118 valence electrons. The summed E-state index contributed by atoms with van der Waals surface area (Å²) in [6, 6.07) is 7.36. The van der Waals surface area contributed by atoms with Crippen molar-refractivity contribution in [1.82, 2.24) is 0 Å². The number of carbonyl (C=O) groups is 1. The summed E-state index contributed by atoms with van der Waals surface area (Å²) in [5.41, 5.74) is -0.938. The van der Waals surface area contributed by atoms with Gasteiger partial charge in [-0.3, -0.25) is 0 Å². The molecule has 0 aliphatic carbocycles. The second-order valence-corrected chi connectivity index (χ2v) is 5.17. The molecule has 0 fully saturated rings. The van der Waals surface area contributed by atoms with Gasteiger partial charge in [0, 0.05) is 6.07 Å². The molecule has 0 N–H and O–H groups in total. The molecular weight excluding hydrogens is 268 g/mol. The van der Waals surface area contributed by atoms with Crippen LogP contribution in [0.15, 0.2) is 24.3 Å². The number of carbonyl (C=O) groups excluding carboxylic acids is 1. The Labute approximate surface area is 127 Å². The minimum Gasteiger partial charge on any atom is -0.491 e. The Hall–Kier alpha value is -1.71. The Morgan fingerprint density at radius 2 is 1.76 bits per heavy atom. The Bertz CT molecular complexity index is 450. The molecular formula is C17H26O4. The number of rotatable bonds is 8. The topological polar surface area (TPSA) is 44.8 Å². The van der Waals surface area contributed by atoms with Gasteiger partial charge in [-0.1, -0.05) is 19.9 Å². The van der Waals surface area contributed by atoms with Crippen molar-refractivity contribution in [3.63, 3.8) is 0 Å². The van der Waals surface area contributed by atoms with Crippen LogP contribution in [0.3, 0.4) is 0 Å². The predicted octanol–water partition coefficient (Wildman–Crippen LogP) is 3.97. The van der Waals surface area contributed by atoms with Crippen molar-refractivity contribution >= 4 is 5.97 Å². The van der Waals surface area contributed by atoms with Gasteiger partial charge >= 0.3 is 5.97 Å². The van der Waals surface area contributed by atoms with Crippen molar-refractivity contribution in [2.24, 2.45) is 0 Å². The molecule has 0 saturated carbocycles. The van der Waals surface area contributed by atoms with Crippen molar-refractivity contribution in [2.75, 3.05) is 6.61 Å². The van der Waals surface area contributed by atoms with Crippen LogP contribution in [0.2, 0.25) is 0 Å². The Morgan fingerprint density at radius 3 is 2.29 bits per heavy atom. The summed E-state index contributed by atoms with van der Waals surface area (Å²) in [6.07, 6.45) is 1.20. The van der Waals surface area contributed by atoms with Crippen molar-refractivity contribution < 1.29 is 19.0 Å². The van der Waals surface area contributed by atoms with E-state index < -0.39 is 5.60 Å². The van der Waals surface area contributed by atoms with Crippen LogP contribution < -0.4 is 9.47 Å². The van der Waals surface area contributed by atoms with Crippen molar-refractivity contribution in [1.29, 1.82) is 0 Å². The van der Waals surface area contributed by atoms with Gasteiger partial charge in [0.25, 0.3) is 0 Å². The second kappa shape index (κ2) is 7.91. The van der Waals surface area contributed by atoms with Gasteiger partial charge in [0.05, 0.1) is 12.7 Å². The van der Waals surface area contributed by atoms with Crippen LogP contribution in [0.5, 0.6) is 11.5 Å². The summed E-state index contributed by atoms with van der Waals surface area (Å²) in [5.74, 6) is 1.03. The van der Waals surface area contributed by atoms with Gasteiger partial charge < -0.3 is 14.2 Å². The molecule has 1 aromatic rings. The lowest BCUT2D eigenvalue weighted by Gasteiger charge is -2.30. The molecule has 21 heavy (non-hydrogen) atoms. The maximum absolute atomic E-state index is 12.2. The summed E-state index contributed by atoms with van der Waals surface area (Å²) in [5, 5.41) is 0. The van der Waals surface area contributed by atoms with Gasteiger partial charge in [0.15, 0.2) is 0 Å². The normalized spacial score (nSPS) is 11.3. The van der Waals surface area contributed by atoms with Gasteiger partial charge in [-0.15, -0.1) is 0 Å². The lowest BCUT2D eigenvalue weighted by atomic mass is 9.97. The third-order valence-corrected chi connectivity index (χ3v) is 3.28. The van der Waals surface area contributed by atoms with E-state index in [0.29, 0.717) is 25.2 Å². The molecule has 0 saturated heterocycles. The van der Waals surface area contributed by atoms with E-state index in [-0.39, 0.29) is 12.1 Å². The number of ether oxygens (including phenoxy) is 3. The average Bonchev–Trinajstić information content (AvgIpc) is 2.44. The molecule has 0 amide bonds. The molecule has 0 unspecified atom stereocenters. The fourth-order valence-electron chi connectivity index (χ4n) is 2.10. The summed E-state index contributed by atoms with van der Waals surface area (Å²) >= 11 is 0. The second-order valence-electron chi connectivity index (χ2n) is 5.17. The molecule has 0 heterocycles. The van der Waals surface area contributed by atoms with E-state index in [1.165, 1.54) is 0 Å². The Morgan fingerprint density at radius 1 is 1.14 bits per heavy atom. The van der Waals surface area contributed by atoms with Gasteiger partial charge in [0.2, 0.25) is 5.60 Å². The third-order valence-electron chi connectivity index (χ3n) is 3.28. The molecule has 0 aliphatic rings. The fourth-order valence-corrected chi connectivity index (χ4v) is 2.10. The van der Waals surface area contributed by atoms with E-state index in [9.17, 15) is 4.79 Å². The van der Waals surface area contributed by atoms with Crippen LogP contribution >= 0.6 is 0 Å². The van der Waals surface area contributed by atoms with E-state index in [4.69, 9.17) is 14.2 Å². The van der Waals surface area contributed by atoms with E-state index >= 15 is 0 Å². The van der Waals surface area contributed by atoms with Crippen LogP contribution in [-0.4, -0.2) is 24.3 Å². The summed E-state index contributed by atoms with van der Waals surface area (Å²) < 4.78 is 16.8. The van der Waals surface area contributed by atoms with Crippen LogP contribution in [-0.2, 0) is 9.53 Å². The molecule has 0 radical (unpaired) electrons. The molecule has 1 rings (SSSR count). The summed E-state index contributed by atoms with van der Waals surface area (Å²) in [4.78, 5) is 12.2. The standard InChI is InChI=1S/C17H26O4/c1-6-17(7-2,16(18)19-8-3)21-15-11-9-10-14(12-15)20-13(4)5/h9-13H,6-8H2,1-5H3. The highest BCUT2D eigenvalue weighted by molar-refractivity contribution is 5.80. The third kappa shape index (κ3) is 4.66. The maximum atomic E-state index is 12.2. The van der Waals surface area contributed by atoms with Gasteiger partial charge in [-0.25, -0.2) is 4.79 Å². The first-order valence-corrected chi connectivity index (χ1v) is 7.60. The number of esters is 1. The van der Waals surface area contributed by atoms with E-state index in [2.05, 4.69) is 0 Å². The molecule has 0 atom stereocenters. The summed E-state index contributed by atoms with van der Waals surface area (Å²) in [6.45, 7) is 9.93. The SMILES string of the molecule is CCOC(=O)C(CC)(CC)Oc1cccc(OC(C)C)c1. The van der Waals surface area contributed by atoms with Crippen LogP contribution in [0, 0.1) is 0 Å². The highest BCUT2D eigenvalue weighted by atomic mass is 16.6. The number of hydrogen-bond acceptors (Lipinski definition) is 4. The molecule has 4 heteroatoms. The van der Waals surface area contributed by atoms with Crippen molar-refractivity contribution in [3.8, 4) is 11.5 Å². The van der Waals surface area contributed by atoms with Crippen LogP contribution in [0.25, 0.3) is 0 Å². The predicted molar refractivity (Wildman–Crippen MR) is 82.8 cm³/mol. The average molecular weight is 294 g/mol. The fraction of sp³-hybridized carbons (Fsp3) is 0.588. The van der Waals surface area contributed by atoms with Crippen molar-refractivity contribution in [2.45, 2.75) is 59.2 Å². The Kier molecular flexibility index (Phi) is 6.53. The van der Waals surface area contributed by atoms with E-state index in [1.807, 2.05) is 45.9 Å². The van der Waals surface area contributed by atoms with Gasteiger partial charge in [-0.2, -0.15) is 0 Å². The molecule has 0 aromatic heterocycles. The number of hydrogen-bond donors (Lipinski definition) is 0. The highest BCUT2D eigenvalue weighted by Gasteiger charge is 2.39. The molecule has 0 bridgehead atoms. The zero-order valence-electron chi connectivity index (χ0n) is 13.6. The van der Waals surface area contributed by atoms with E-state index in [0.717, 1.165) is 5.75 Å². The maximum Gasteiger partial charge on any atom is 0.350 e. The number of benzene rings is 1. The lowest BCUT2D eigenvalue weighted by molar-refractivity contribution is -0.162.